The fourth-order valence-corrected chi connectivity index (χ4v) is 2.00. The molecule has 0 radical (unpaired) electrons. The predicted octanol–water partition coefficient (Wildman–Crippen LogP) is 3.17. The van der Waals surface area contributed by atoms with Gasteiger partial charge in [-0.15, -0.1) is 0 Å². The van der Waals surface area contributed by atoms with Crippen LogP contribution in [0, 0.1) is 0 Å². The molecule has 0 spiro atoms. The molecule has 0 amide bonds. The van der Waals surface area contributed by atoms with Crippen LogP contribution in [0.3, 0.4) is 0 Å². The van der Waals surface area contributed by atoms with Gasteiger partial charge in [0, 0.05) is 11.6 Å². The molecule has 1 aromatic heterocycles. The van der Waals surface area contributed by atoms with E-state index in [0.717, 1.165) is 5.56 Å². The van der Waals surface area contributed by atoms with E-state index in [4.69, 9.17) is 16.3 Å². The van der Waals surface area contributed by atoms with Crippen molar-refractivity contribution in [1.82, 2.24) is 9.97 Å². The van der Waals surface area contributed by atoms with E-state index in [-0.39, 0.29) is 11.2 Å². The van der Waals surface area contributed by atoms with Crippen molar-refractivity contribution in [3.63, 3.8) is 0 Å². The number of benzene rings is 1. The van der Waals surface area contributed by atoms with Crippen LogP contribution in [0.4, 0.5) is 0 Å². The Balaban J connectivity index is 2.52. The molecule has 1 N–H and O–H groups in total. The molecule has 21 heavy (non-hydrogen) atoms. The van der Waals surface area contributed by atoms with Crippen molar-refractivity contribution < 1.29 is 14.6 Å². The molecule has 1 heterocycles. The Kier molecular flexibility index (Phi) is 4.14. The highest BCUT2D eigenvalue weighted by atomic mass is 35.5. The van der Waals surface area contributed by atoms with E-state index in [1.807, 2.05) is 6.07 Å². The molecule has 2 aromatic rings. The Hall–Kier alpha value is -2.14. The molecule has 0 aliphatic heterocycles. The molecule has 0 unspecified atom stereocenters. The molecule has 0 bridgehead atoms. The summed E-state index contributed by atoms with van der Waals surface area (Å²) in [6.45, 7) is 3.31. The lowest BCUT2D eigenvalue weighted by Crippen LogP contribution is -2.28. The summed E-state index contributed by atoms with van der Waals surface area (Å²) in [4.78, 5) is 19.5. The molecule has 0 fully saturated rings. The second-order valence-electron chi connectivity index (χ2n) is 5.07. The van der Waals surface area contributed by atoms with Crippen molar-refractivity contribution in [2.45, 2.75) is 19.3 Å². The zero-order valence-electron chi connectivity index (χ0n) is 11.9. The molecule has 0 aliphatic rings. The van der Waals surface area contributed by atoms with Gasteiger partial charge in [0.25, 0.3) is 0 Å². The molecule has 0 saturated heterocycles. The van der Waals surface area contributed by atoms with E-state index in [1.165, 1.54) is 7.11 Å². The van der Waals surface area contributed by atoms with Crippen molar-refractivity contribution >= 4 is 17.6 Å². The van der Waals surface area contributed by atoms with Gasteiger partial charge in [-0.2, -0.15) is 9.97 Å². The highest BCUT2D eigenvalue weighted by Gasteiger charge is 2.29. The van der Waals surface area contributed by atoms with Gasteiger partial charge < -0.3 is 9.84 Å². The van der Waals surface area contributed by atoms with Crippen LogP contribution in [0.15, 0.2) is 30.3 Å². The molecular formula is C15H15ClN2O3. The number of ether oxygens (including phenoxy) is 1. The van der Waals surface area contributed by atoms with Crippen LogP contribution < -0.4 is 4.74 Å². The Bertz CT molecular complexity index is 686. The fraction of sp³-hybridized carbons (Fsp3) is 0.267. The van der Waals surface area contributed by atoms with Gasteiger partial charge in [-0.25, -0.2) is 0 Å². The van der Waals surface area contributed by atoms with Gasteiger partial charge in [0.2, 0.25) is 0 Å². The smallest absolute Gasteiger partial charge is 0.318 e. The highest BCUT2D eigenvalue weighted by Crippen LogP contribution is 2.29. The zero-order chi connectivity index (χ0) is 15.6. The number of rotatable bonds is 4. The number of carbonyl (C=O) groups is 1. The maximum absolute atomic E-state index is 11.4. The lowest BCUT2D eigenvalue weighted by atomic mass is 9.84. The number of carboxylic acids is 1. The van der Waals surface area contributed by atoms with Gasteiger partial charge in [0.15, 0.2) is 0 Å². The summed E-state index contributed by atoms with van der Waals surface area (Å²) < 4.78 is 4.99. The topological polar surface area (TPSA) is 72.3 Å². The predicted molar refractivity (Wildman–Crippen MR) is 79.7 cm³/mol. The summed E-state index contributed by atoms with van der Waals surface area (Å²) in [6, 6.07) is 8.96. The molecule has 6 heteroatoms. The summed E-state index contributed by atoms with van der Waals surface area (Å²) in [5.74, 6) is -0.891. The van der Waals surface area contributed by atoms with Gasteiger partial charge in [-0.3, -0.25) is 4.79 Å². The number of halogens is 1. The molecular weight excluding hydrogens is 292 g/mol. The molecule has 0 aliphatic carbocycles. The molecule has 0 saturated carbocycles. The number of hydrogen-bond acceptors (Lipinski definition) is 4. The number of carboxylic acid groups (broad SMARTS) is 1. The first-order chi connectivity index (χ1) is 9.84. The average Bonchev–Trinajstić information content (AvgIpc) is 2.46. The summed E-state index contributed by atoms with van der Waals surface area (Å²) in [5.41, 5.74) is 1.03. The number of nitrogens with zero attached hydrogens (tertiary/aromatic N) is 2. The molecule has 0 atom stereocenters. The van der Waals surface area contributed by atoms with Crippen molar-refractivity contribution in [2.75, 3.05) is 7.11 Å². The van der Waals surface area contributed by atoms with E-state index in [1.54, 1.807) is 38.1 Å². The first kappa shape index (κ1) is 15.3. The van der Waals surface area contributed by atoms with E-state index < -0.39 is 11.4 Å². The van der Waals surface area contributed by atoms with Gasteiger partial charge in [-0.1, -0.05) is 29.8 Å². The minimum Gasteiger partial charge on any atom is -0.481 e. The Morgan fingerprint density at radius 3 is 2.62 bits per heavy atom. The van der Waals surface area contributed by atoms with E-state index in [2.05, 4.69) is 9.97 Å². The van der Waals surface area contributed by atoms with Gasteiger partial charge in [-0.05, 0) is 25.5 Å². The van der Waals surface area contributed by atoms with Crippen LogP contribution in [-0.4, -0.2) is 28.2 Å². The molecule has 2 rings (SSSR count). The van der Waals surface area contributed by atoms with Crippen LogP contribution >= 0.6 is 11.6 Å². The molecule has 5 nitrogen and oxygen atoms in total. The minimum atomic E-state index is -0.989. The Labute approximate surface area is 127 Å². The SMILES string of the molecule is COc1nc(Cl)cc(-c2cccc(C(C)(C)C(=O)O)c2)n1. The molecule has 1 aromatic carbocycles. The minimum absolute atomic E-state index is 0.167. The highest BCUT2D eigenvalue weighted by molar-refractivity contribution is 6.29. The summed E-state index contributed by atoms with van der Waals surface area (Å²) in [5, 5.41) is 9.58. The average molecular weight is 307 g/mol. The monoisotopic (exact) mass is 306 g/mol. The summed E-state index contributed by atoms with van der Waals surface area (Å²) in [7, 11) is 1.46. The maximum atomic E-state index is 11.4. The standard InChI is InChI=1S/C15H15ClN2O3/c1-15(2,13(19)20)10-6-4-5-9(7-10)11-8-12(16)18-14(17-11)21-3/h4-8H,1-3H3,(H,19,20). The lowest BCUT2D eigenvalue weighted by molar-refractivity contribution is -0.142. The van der Waals surface area contributed by atoms with E-state index >= 15 is 0 Å². The van der Waals surface area contributed by atoms with Crippen molar-refractivity contribution in [2.24, 2.45) is 0 Å². The fourth-order valence-electron chi connectivity index (χ4n) is 1.83. The lowest BCUT2D eigenvalue weighted by Gasteiger charge is -2.20. The third kappa shape index (κ3) is 3.13. The van der Waals surface area contributed by atoms with Gasteiger partial charge in [0.05, 0.1) is 18.2 Å². The number of aliphatic carboxylic acids is 1. The van der Waals surface area contributed by atoms with E-state index in [9.17, 15) is 9.90 Å². The number of hydrogen-bond donors (Lipinski definition) is 1. The number of aromatic nitrogens is 2. The van der Waals surface area contributed by atoms with Crippen LogP contribution in [0.5, 0.6) is 6.01 Å². The largest absolute Gasteiger partial charge is 0.481 e. The van der Waals surface area contributed by atoms with Crippen molar-refractivity contribution in [1.29, 1.82) is 0 Å². The Morgan fingerprint density at radius 2 is 2.00 bits per heavy atom. The van der Waals surface area contributed by atoms with Crippen molar-refractivity contribution in [3.8, 4) is 17.3 Å². The van der Waals surface area contributed by atoms with Crippen molar-refractivity contribution in [3.05, 3.63) is 41.0 Å². The van der Waals surface area contributed by atoms with E-state index in [0.29, 0.717) is 11.3 Å². The summed E-state index contributed by atoms with van der Waals surface area (Å²) in [6.07, 6.45) is 0. The quantitative estimate of drug-likeness (QED) is 0.878. The first-order valence-electron chi connectivity index (χ1n) is 6.27. The summed E-state index contributed by atoms with van der Waals surface area (Å²) >= 11 is 5.93. The first-order valence-corrected chi connectivity index (χ1v) is 6.65. The third-order valence-corrected chi connectivity index (χ3v) is 3.47. The van der Waals surface area contributed by atoms with Gasteiger partial charge >= 0.3 is 12.0 Å². The molecule has 110 valence electrons. The van der Waals surface area contributed by atoms with Gasteiger partial charge in [0.1, 0.15) is 5.15 Å². The van der Waals surface area contributed by atoms with Crippen LogP contribution in [0.1, 0.15) is 19.4 Å². The van der Waals surface area contributed by atoms with Crippen LogP contribution in [0.2, 0.25) is 5.15 Å². The second-order valence-corrected chi connectivity index (χ2v) is 5.46. The Morgan fingerprint density at radius 1 is 1.29 bits per heavy atom. The maximum Gasteiger partial charge on any atom is 0.318 e. The van der Waals surface area contributed by atoms with Crippen LogP contribution in [0.25, 0.3) is 11.3 Å². The third-order valence-electron chi connectivity index (χ3n) is 3.27. The zero-order valence-corrected chi connectivity index (χ0v) is 12.7. The number of methoxy groups -OCH3 is 1. The normalized spacial score (nSPS) is 11.2. The second kappa shape index (κ2) is 5.69. The van der Waals surface area contributed by atoms with Crippen LogP contribution in [-0.2, 0) is 10.2 Å².